The third kappa shape index (κ3) is 4.49. The molecule has 0 saturated heterocycles. The topological polar surface area (TPSA) is 92.5 Å². The van der Waals surface area contributed by atoms with Crippen molar-refractivity contribution in [1.82, 2.24) is 9.80 Å². The number of carbonyl (C=O) groups is 2. The first-order valence-electron chi connectivity index (χ1n) is 9.77. The van der Waals surface area contributed by atoms with Crippen molar-refractivity contribution in [3.05, 3.63) is 71.9 Å². The Labute approximate surface area is 181 Å². The molecule has 1 aromatic carbocycles. The molecule has 0 fully saturated rings. The summed E-state index contributed by atoms with van der Waals surface area (Å²) < 4.78 is 16.3. The second kappa shape index (κ2) is 9.53. The molecule has 2 aromatic rings. The zero-order valence-electron chi connectivity index (χ0n) is 17.8. The van der Waals surface area contributed by atoms with Crippen molar-refractivity contribution in [1.29, 1.82) is 0 Å². The van der Waals surface area contributed by atoms with Gasteiger partial charge in [0.25, 0.3) is 5.91 Å². The highest BCUT2D eigenvalue weighted by atomic mass is 16.5. The Hall–Kier alpha value is -3.52. The van der Waals surface area contributed by atoms with Gasteiger partial charge in [0.15, 0.2) is 23.0 Å². The lowest BCUT2D eigenvalue weighted by atomic mass is 9.94. The highest BCUT2D eigenvalue weighted by Gasteiger charge is 2.44. The molecule has 1 aliphatic heterocycles. The van der Waals surface area contributed by atoms with E-state index in [1.54, 1.807) is 30.3 Å². The number of methoxy groups -OCH3 is 1. The zero-order chi connectivity index (χ0) is 22.5. The molecule has 1 amide bonds. The van der Waals surface area contributed by atoms with Gasteiger partial charge >= 0.3 is 0 Å². The molecule has 1 aliphatic rings. The van der Waals surface area contributed by atoms with Crippen LogP contribution < -0.4 is 9.47 Å². The van der Waals surface area contributed by atoms with Crippen molar-refractivity contribution in [2.45, 2.75) is 6.04 Å². The summed E-state index contributed by atoms with van der Waals surface area (Å²) in [5.74, 6) is -0.729. The lowest BCUT2D eigenvalue weighted by molar-refractivity contribution is -0.129. The van der Waals surface area contributed by atoms with Crippen LogP contribution in [-0.2, 0) is 4.79 Å². The summed E-state index contributed by atoms with van der Waals surface area (Å²) in [7, 11) is 5.27. The van der Waals surface area contributed by atoms with Crippen molar-refractivity contribution in [2.75, 3.05) is 40.9 Å². The van der Waals surface area contributed by atoms with Gasteiger partial charge in [0, 0.05) is 13.1 Å². The van der Waals surface area contributed by atoms with E-state index in [2.05, 4.69) is 6.58 Å². The minimum absolute atomic E-state index is 0.0273. The molecule has 1 N–H and O–H groups in total. The number of Topliss-reactive ketones (excluding diaryl/α,β-unsaturated/α-hetero) is 1. The summed E-state index contributed by atoms with van der Waals surface area (Å²) >= 11 is 0. The number of carbonyl (C=O) groups excluding carboxylic acids is 2. The van der Waals surface area contributed by atoms with Crippen molar-refractivity contribution >= 4 is 11.7 Å². The average molecular weight is 426 g/mol. The molecule has 0 unspecified atom stereocenters. The Morgan fingerprint density at radius 1 is 1.32 bits per heavy atom. The number of benzene rings is 1. The maximum atomic E-state index is 13.1. The van der Waals surface area contributed by atoms with E-state index in [9.17, 15) is 14.7 Å². The van der Waals surface area contributed by atoms with Crippen LogP contribution in [0.25, 0.3) is 0 Å². The molecule has 164 valence electrons. The number of hydrogen-bond donors (Lipinski definition) is 1. The second-order valence-corrected chi connectivity index (χ2v) is 7.28. The smallest absolute Gasteiger partial charge is 0.290 e. The number of nitrogens with zero attached hydrogens (tertiary/aromatic N) is 2. The third-order valence-corrected chi connectivity index (χ3v) is 4.94. The Kier molecular flexibility index (Phi) is 6.81. The van der Waals surface area contributed by atoms with Crippen LogP contribution in [0.15, 0.2) is 65.0 Å². The number of ether oxygens (including phenoxy) is 2. The Morgan fingerprint density at radius 2 is 2.10 bits per heavy atom. The molecule has 3 rings (SSSR count). The van der Waals surface area contributed by atoms with E-state index in [1.807, 2.05) is 19.0 Å². The minimum Gasteiger partial charge on any atom is -0.503 e. The second-order valence-electron chi connectivity index (χ2n) is 7.28. The normalized spacial score (nSPS) is 16.2. The number of hydrogen-bond acceptors (Lipinski definition) is 7. The van der Waals surface area contributed by atoms with E-state index < -0.39 is 23.5 Å². The predicted octanol–water partition coefficient (Wildman–Crippen LogP) is 2.99. The van der Waals surface area contributed by atoms with Gasteiger partial charge in [-0.2, -0.15) is 0 Å². The molecule has 0 bridgehead atoms. The zero-order valence-corrected chi connectivity index (χ0v) is 17.8. The van der Waals surface area contributed by atoms with Crippen molar-refractivity contribution in [3.8, 4) is 11.5 Å². The standard InChI is InChI=1S/C23H26N2O6/c1-5-12-30-16-9-8-15(14-18(16)29-4)20-19(21(26)17-7-6-13-31-17)22(27)23(28)25(20)11-10-24(2)3/h5-9,13-14,20,27H,1,10-12H2,2-4H3/t20-/m0/s1. The monoisotopic (exact) mass is 426 g/mol. The van der Waals surface area contributed by atoms with Gasteiger partial charge in [0.2, 0.25) is 5.78 Å². The fraction of sp³-hybridized carbons (Fsp3) is 0.304. The van der Waals surface area contributed by atoms with Crippen molar-refractivity contribution < 1.29 is 28.6 Å². The van der Waals surface area contributed by atoms with Gasteiger partial charge < -0.3 is 28.8 Å². The summed E-state index contributed by atoms with van der Waals surface area (Å²) in [6, 6.07) is 7.43. The van der Waals surface area contributed by atoms with Crippen LogP contribution in [-0.4, -0.2) is 67.5 Å². The van der Waals surface area contributed by atoms with Gasteiger partial charge in [0.1, 0.15) is 6.61 Å². The molecule has 0 aliphatic carbocycles. The maximum absolute atomic E-state index is 13.1. The van der Waals surface area contributed by atoms with Gasteiger partial charge in [-0.05, 0) is 43.9 Å². The summed E-state index contributed by atoms with van der Waals surface area (Å²) in [6.07, 6.45) is 2.99. The van der Waals surface area contributed by atoms with Crippen molar-refractivity contribution in [2.24, 2.45) is 0 Å². The van der Waals surface area contributed by atoms with Gasteiger partial charge in [0.05, 0.1) is 25.0 Å². The molecular weight excluding hydrogens is 400 g/mol. The first-order chi connectivity index (χ1) is 14.9. The Morgan fingerprint density at radius 3 is 2.71 bits per heavy atom. The molecule has 2 heterocycles. The molecule has 8 nitrogen and oxygen atoms in total. The number of aliphatic hydroxyl groups excluding tert-OH is 1. The summed E-state index contributed by atoms with van der Waals surface area (Å²) in [4.78, 5) is 29.4. The van der Waals surface area contributed by atoms with E-state index in [0.29, 0.717) is 36.8 Å². The van der Waals surface area contributed by atoms with Gasteiger partial charge in [-0.3, -0.25) is 9.59 Å². The van der Waals surface area contributed by atoms with E-state index in [4.69, 9.17) is 13.9 Å². The summed E-state index contributed by atoms with van der Waals surface area (Å²) in [5, 5.41) is 10.6. The van der Waals surface area contributed by atoms with E-state index in [1.165, 1.54) is 24.3 Å². The Balaban J connectivity index is 2.07. The molecule has 0 saturated carbocycles. The minimum atomic E-state index is -0.799. The predicted molar refractivity (Wildman–Crippen MR) is 114 cm³/mol. The van der Waals surface area contributed by atoms with Gasteiger partial charge in [-0.1, -0.05) is 18.7 Å². The number of amides is 1. The number of rotatable bonds is 10. The fourth-order valence-electron chi connectivity index (χ4n) is 3.43. The van der Waals surface area contributed by atoms with Crippen LogP contribution in [0.3, 0.4) is 0 Å². The summed E-state index contributed by atoms with van der Waals surface area (Å²) in [6.45, 7) is 4.80. The average Bonchev–Trinajstić information content (AvgIpc) is 3.38. The number of aliphatic hydroxyl groups is 1. The van der Waals surface area contributed by atoms with Crippen LogP contribution in [0.1, 0.15) is 22.2 Å². The maximum Gasteiger partial charge on any atom is 0.290 e. The van der Waals surface area contributed by atoms with Crippen LogP contribution >= 0.6 is 0 Å². The lowest BCUT2D eigenvalue weighted by Gasteiger charge is -2.28. The molecule has 8 heteroatoms. The SMILES string of the molecule is C=CCOc1ccc([C@H]2C(C(=O)c3ccco3)=C(O)C(=O)N2CCN(C)C)cc1OC. The first-order valence-corrected chi connectivity index (χ1v) is 9.77. The quantitative estimate of drug-likeness (QED) is 0.461. The number of furan rings is 1. The number of likely N-dealkylation sites (N-methyl/N-ethyl adjacent to an activating group) is 1. The molecule has 1 aromatic heterocycles. The van der Waals surface area contributed by atoms with Crippen LogP contribution in [0, 0.1) is 0 Å². The van der Waals surface area contributed by atoms with Gasteiger partial charge in [-0.25, -0.2) is 0 Å². The molecule has 1 atom stereocenters. The highest BCUT2D eigenvalue weighted by molar-refractivity contribution is 6.15. The van der Waals surface area contributed by atoms with E-state index >= 15 is 0 Å². The van der Waals surface area contributed by atoms with E-state index in [0.717, 1.165) is 0 Å². The first kappa shape index (κ1) is 22.2. The van der Waals surface area contributed by atoms with Crippen LogP contribution in [0.2, 0.25) is 0 Å². The number of ketones is 1. The largest absolute Gasteiger partial charge is 0.503 e. The van der Waals surface area contributed by atoms with Crippen LogP contribution in [0.4, 0.5) is 0 Å². The third-order valence-electron chi connectivity index (χ3n) is 4.94. The fourth-order valence-corrected chi connectivity index (χ4v) is 3.43. The molecule has 31 heavy (non-hydrogen) atoms. The van der Waals surface area contributed by atoms with Crippen LogP contribution in [0.5, 0.6) is 11.5 Å². The molecular formula is C23H26N2O6. The molecule has 0 radical (unpaired) electrons. The van der Waals surface area contributed by atoms with Crippen molar-refractivity contribution in [3.63, 3.8) is 0 Å². The molecule has 0 spiro atoms. The lowest BCUT2D eigenvalue weighted by Crippen LogP contribution is -2.36. The summed E-state index contributed by atoms with van der Waals surface area (Å²) in [5.41, 5.74) is 0.578. The highest BCUT2D eigenvalue weighted by Crippen LogP contribution is 2.41. The van der Waals surface area contributed by atoms with Gasteiger partial charge in [-0.15, -0.1) is 0 Å². The Bertz CT molecular complexity index is 994. The van der Waals surface area contributed by atoms with E-state index in [-0.39, 0.29) is 11.3 Å².